The van der Waals surface area contributed by atoms with Gasteiger partial charge in [-0.25, -0.2) is 4.98 Å². The molecular formula is C18H15ClN2OS. The average Bonchev–Trinajstić information content (AvgIpc) is 2.99. The van der Waals surface area contributed by atoms with E-state index in [2.05, 4.69) is 17.2 Å². The lowest BCUT2D eigenvalue weighted by molar-refractivity contribution is 0.102. The molecule has 0 aliphatic rings. The third-order valence-electron chi connectivity index (χ3n) is 3.40. The molecular weight excluding hydrogens is 328 g/mol. The molecule has 0 fully saturated rings. The Labute approximate surface area is 144 Å². The number of thiazole rings is 1. The molecule has 116 valence electrons. The highest BCUT2D eigenvalue weighted by molar-refractivity contribution is 7.16. The Hall–Kier alpha value is -2.17. The van der Waals surface area contributed by atoms with Crippen LogP contribution < -0.4 is 5.32 Å². The van der Waals surface area contributed by atoms with Crippen molar-refractivity contribution >= 4 is 34.0 Å². The van der Waals surface area contributed by atoms with Gasteiger partial charge >= 0.3 is 0 Å². The average molecular weight is 343 g/mol. The smallest absolute Gasteiger partial charge is 0.258 e. The summed E-state index contributed by atoms with van der Waals surface area (Å²) in [5, 5.41) is 3.87. The van der Waals surface area contributed by atoms with E-state index in [-0.39, 0.29) is 5.91 Å². The number of aromatic nitrogens is 1. The number of aryl methyl sites for hydroxylation is 1. The molecule has 2 aromatic carbocycles. The van der Waals surface area contributed by atoms with E-state index >= 15 is 0 Å². The zero-order chi connectivity index (χ0) is 16.2. The van der Waals surface area contributed by atoms with Gasteiger partial charge in [-0.15, -0.1) is 11.3 Å². The molecule has 0 radical (unpaired) electrons. The molecule has 0 atom stereocenters. The number of benzene rings is 2. The first-order chi connectivity index (χ1) is 11.2. The van der Waals surface area contributed by atoms with E-state index in [1.165, 1.54) is 11.3 Å². The lowest BCUT2D eigenvalue weighted by Crippen LogP contribution is -2.12. The molecule has 0 spiro atoms. The molecule has 0 saturated carbocycles. The minimum atomic E-state index is -0.244. The SMILES string of the molecule is CCc1sc(NC(=O)c2ccccc2Cl)nc1-c1ccccc1. The first kappa shape index (κ1) is 15.7. The van der Waals surface area contributed by atoms with Crippen LogP contribution in [0.4, 0.5) is 5.13 Å². The summed E-state index contributed by atoms with van der Waals surface area (Å²) in [5.74, 6) is -0.244. The molecule has 1 aromatic heterocycles. The number of halogens is 1. The third kappa shape index (κ3) is 3.44. The van der Waals surface area contributed by atoms with E-state index in [4.69, 9.17) is 11.6 Å². The summed E-state index contributed by atoms with van der Waals surface area (Å²) in [6.45, 7) is 2.08. The van der Waals surface area contributed by atoms with Gasteiger partial charge in [0.1, 0.15) is 0 Å². The van der Waals surface area contributed by atoms with Crippen LogP contribution in [0.15, 0.2) is 54.6 Å². The van der Waals surface area contributed by atoms with Crippen LogP contribution >= 0.6 is 22.9 Å². The van der Waals surface area contributed by atoms with Gasteiger partial charge in [0.2, 0.25) is 0 Å². The number of nitrogens with one attached hydrogen (secondary N) is 1. The summed E-state index contributed by atoms with van der Waals surface area (Å²) < 4.78 is 0. The lowest BCUT2D eigenvalue weighted by atomic mass is 10.1. The second-order valence-corrected chi connectivity index (χ2v) is 6.44. The van der Waals surface area contributed by atoms with Gasteiger partial charge in [-0.05, 0) is 18.6 Å². The number of anilines is 1. The van der Waals surface area contributed by atoms with Gasteiger partial charge in [0, 0.05) is 10.4 Å². The molecule has 3 rings (SSSR count). The van der Waals surface area contributed by atoms with Gasteiger partial charge in [-0.2, -0.15) is 0 Å². The van der Waals surface area contributed by atoms with E-state index in [0.29, 0.717) is 15.7 Å². The Kier molecular flexibility index (Phi) is 4.74. The number of rotatable bonds is 4. The lowest BCUT2D eigenvalue weighted by Gasteiger charge is -2.03. The molecule has 5 heteroatoms. The van der Waals surface area contributed by atoms with Gasteiger partial charge in [0.05, 0.1) is 16.3 Å². The zero-order valence-electron chi connectivity index (χ0n) is 12.5. The fraction of sp³-hybridized carbons (Fsp3) is 0.111. The molecule has 1 amide bonds. The van der Waals surface area contributed by atoms with Crippen molar-refractivity contribution in [1.82, 2.24) is 4.98 Å². The van der Waals surface area contributed by atoms with Crippen molar-refractivity contribution in [2.24, 2.45) is 0 Å². The van der Waals surface area contributed by atoms with Crippen LogP contribution in [0.25, 0.3) is 11.3 Å². The largest absolute Gasteiger partial charge is 0.298 e. The van der Waals surface area contributed by atoms with Gasteiger partial charge < -0.3 is 0 Å². The van der Waals surface area contributed by atoms with Crippen LogP contribution in [0.5, 0.6) is 0 Å². The Morgan fingerprint density at radius 2 is 1.83 bits per heavy atom. The van der Waals surface area contributed by atoms with Gasteiger partial charge in [-0.1, -0.05) is 61.0 Å². The molecule has 0 aliphatic heterocycles. The maximum atomic E-state index is 12.4. The van der Waals surface area contributed by atoms with E-state index in [1.807, 2.05) is 30.3 Å². The number of carbonyl (C=O) groups is 1. The molecule has 3 aromatic rings. The number of carbonyl (C=O) groups excluding carboxylic acids is 1. The van der Waals surface area contributed by atoms with Crippen LogP contribution in [-0.4, -0.2) is 10.9 Å². The maximum absolute atomic E-state index is 12.4. The van der Waals surface area contributed by atoms with Crippen molar-refractivity contribution < 1.29 is 4.79 Å². The summed E-state index contributed by atoms with van der Waals surface area (Å²) in [5.41, 5.74) is 2.43. The van der Waals surface area contributed by atoms with Gasteiger partial charge in [-0.3, -0.25) is 10.1 Å². The van der Waals surface area contributed by atoms with Crippen molar-refractivity contribution in [2.45, 2.75) is 13.3 Å². The van der Waals surface area contributed by atoms with Crippen molar-refractivity contribution in [3.05, 3.63) is 70.1 Å². The molecule has 0 saturated heterocycles. The number of hydrogen-bond donors (Lipinski definition) is 1. The second kappa shape index (κ2) is 6.94. The molecule has 23 heavy (non-hydrogen) atoms. The maximum Gasteiger partial charge on any atom is 0.258 e. The second-order valence-electron chi connectivity index (χ2n) is 4.94. The summed E-state index contributed by atoms with van der Waals surface area (Å²) in [6, 6.07) is 17.0. The highest BCUT2D eigenvalue weighted by atomic mass is 35.5. The number of hydrogen-bond acceptors (Lipinski definition) is 3. The Morgan fingerprint density at radius 1 is 1.13 bits per heavy atom. The summed E-state index contributed by atoms with van der Waals surface area (Å²) >= 11 is 7.56. The first-order valence-corrected chi connectivity index (χ1v) is 8.49. The van der Waals surface area contributed by atoms with E-state index in [0.717, 1.165) is 22.6 Å². The van der Waals surface area contributed by atoms with Crippen molar-refractivity contribution in [2.75, 3.05) is 5.32 Å². The topological polar surface area (TPSA) is 42.0 Å². The van der Waals surface area contributed by atoms with Crippen molar-refractivity contribution in [3.63, 3.8) is 0 Å². The fourth-order valence-corrected chi connectivity index (χ4v) is 3.42. The summed E-state index contributed by atoms with van der Waals surface area (Å²) in [4.78, 5) is 18.1. The Bertz CT molecular complexity index is 830. The van der Waals surface area contributed by atoms with Crippen LogP contribution in [0.3, 0.4) is 0 Å². The molecule has 3 nitrogen and oxygen atoms in total. The minimum Gasteiger partial charge on any atom is -0.298 e. The first-order valence-electron chi connectivity index (χ1n) is 7.30. The normalized spacial score (nSPS) is 10.5. The van der Waals surface area contributed by atoms with Crippen molar-refractivity contribution in [3.8, 4) is 11.3 Å². The standard InChI is InChI=1S/C18H15ClN2OS/c1-2-15-16(12-8-4-3-5-9-12)20-18(23-15)21-17(22)13-10-6-7-11-14(13)19/h3-11H,2H2,1H3,(H,20,21,22). The van der Waals surface area contributed by atoms with Crippen LogP contribution in [0.1, 0.15) is 22.2 Å². The highest BCUT2D eigenvalue weighted by Crippen LogP contribution is 2.31. The monoisotopic (exact) mass is 342 g/mol. The third-order valence-corrected chi connectivity index (χ3v) is 4.85. The van der Waals surface area contributed by atoms with Gasteiger partial charge in [0.15, 0.2) is 5.13 Å². The highest BCUT2D eigenvalue weighted by Gasteiger charge is 2.15. The van der Waals surface area contributed by atoms with E-state index < -0.39 is 0 Å². The number of amides is 1. The molecule has 0 unspecified atom stereocenters. The van der Waals surface area contributed by atoms with Crippen LogP contribution in [-0.2, 0) is 6.42 Å². The molecule has 0 bridgehead atoms. The summed E-state index contributed by atoms with van der Waals surface area (Å²) in [6.07, 6.45) is 0.865. The molecule has 1 heterocycles. The van der Waals surface area contributed by atoms with Crippen LogP contribution in [0, 0.1) is 0 Å². The summed E-state index contributed by atoms with van der Waals surface area (Å²) in [7, 11) is 0. The predicted molar refractivity (Wildman–Crippen MR) is 96.3 cm³/mol. The van der Waals surface area contributed by atoms with Crippen LogP contribution in [0.2, 0.25) is 5.02 Å². The minimum absolute atomic E-state index is 0.244. The zero-order valence-corrected chi connectivity index (χ0v) is 14.1. The fourth-order valence-electron chi connectivity index (χ4n) is 2.28. The molecule has 1 N–H and O–H groups in total. The van der Waals surface area contributed by atoms with E-state index in [1.54, 1.807) is 24.3 Å². The predicted octanol–water partition coefficient (Wildman–Crippen LogP) is 5.28. The quantitative estimate of drug-likeness (QED) is 0.701. The van der Waals surface area contributed by atoms with E-state index in [9.17, 15) is 4.79 Å². The Morgan fingerprint density at radius 3 is 2.52 bits per heavy atom. The van der Waals surface area contributed by atoms with Gasteiger partial charge in [0.25, 0.3) is 5.91 Å². The Balaban J connectivity index is 1.89. The number of nitrogens with zero attached hydrogens (tertiary/aromatic N) is 1. The van der Waals surface area contributed by atoms with Crippen molar-refractivity contribution in [1.29, 1.82) is 0 Å². The molecule has 0 aliphatic carbocycles.